The standard InChI is InChI=1S/C31H34N4O3.H2/c1-22(23-9-4-2-5-10-23)34-30(36)29(26-13-8-19-32-21-26)35(31(37)28-18-20-33-38-28)27-16-14-25(15-17-27)24-11-6-3-7-12-24;/h4,8-10,13-22,24,29H,2-3,5-7,11-12H2,1H3,(H,34,36);1H/t22-,29?;/m0./s1. The molecule has 0 saturated heterocycles. The maximum absolute atomic E-state index is 14.0. The van der Waals surface area contributed by atoms with Crippen molar-refractivity contribution in [2.24, 2.45) is 0 Å². The van der Waals surface area contributed by atoms with Gasteiger partial charge in [0.25, 0.3) is 5.91 Å². The second kappa shape index (κ2) is 12.0. The molecule has 38 heavy (non-hydrogen) atoms. The molecule has 7 nitrogen and oxygen atoms in total. The largest absolute Gasteiger partial charge is 0.351 e. The third-order valence-electron chi connectivity index (χ3n) is 7.50. The summed E-state index contributed by atoms with van der Waals surface area (Å²) in [7, 11) is 0. The van der Waals surface area contributed by atoms with E-state index < -0.39 is 11.9 Å². The van der Waals surface area contributed by atoms with Gasteiger partial charge < -0.3 is 9.84 Å². The molecule has 7 heteroatoms. The monoisotopic (exact) mass is 512 g/mol. The Morgan fingerprint density at radius 2 is 1.87 bits per heavy atom. The fourth-order valence-electron chi connectivity index (χ4n) is 5.46. The molecule has 1 saturated carbocycles. The van der Waals surface area contributed by atoms with Gasteiger partial charge in [0, 0.05) is 31.1 Å². The summed E-state index contributed by atoms with van der Waals surface area (Å²) in [6.45, 7) is 1.96. The normalized spacial score (nSPS) is 17.3. The second-order valence-electron chi connectivity index (χ2n) is 10.1. The Labute approximate surface area is 225 Å². The lowest BCUT2D eigenvalue weighted by Gasteiger charge is -2.32. The third kappa shape index (κ3) is 5.77. The van der Waals surface area contributed by atoms with E-state index in [-0.39, 0.29) is 19.1 Å². The van der Waals surface area contributed by atoms with E-state index in [2.05, 4.69) is 45.8 Å². The van der Waals surface area contributed by atoms with Crippen LogP contribution in [0.5, 0.6) is 0 Å². The summed E-state index contributed by atoms with van der Waals surface area (Å²) in [5.41, 5.74) is 3.54. The number of benzene rings is 1. The fraction of sp³-hybridized carbons (Fsp3) is 0.355. The van der Waals surface area contributed by atoms with E-state index in [1.807, 2.05) is 25.1 Å². The minimum absolute atomic E-state index is 0. The number of nitrogens with zero attached hydrogens (tertiary/aromatic N) is 3. The maximum Gasteiger partial charge on any atom is 0.297 e. The van der Waals surface area contributed by atoms with Crippen LogP contribution in [0.15, 0.2) is 89.4 Å². The van der Waals surface area contributed by atoms with Gasteiger partial charge in [0.1, 0.15) is 6.04 Å². The summed E-state index contributed by atoms with van der Waals surface area (Å²) in [5, 5.41) is 6.87. The lowest BCUT2D eigenvalue weighted by Crippen LogP contribution is -2.46. The van der Waals surface area contributed by atoms with Gasteiger partial charge in [-0.2, -0.15) is 0 Å². The average molecular weight is 513 g/mol. The van der Waals surface area contributed by atoms with Gasteiger partial charge >= 0.3 is 0 Å². The molecule has 1 fully saturated rings. The summed E-state index contributed by atoms with van der Waals surface area (Å²) in [5.74, 6) is -0.142. The Hall–Kier alpha value is -4.00. The van der Waals surface area contributed by atoms with E-state index in [0.29, 0.717) is 17.2 Å². The minimum atomic E-state index is -0.961. The van der Waals surface area contributed by atoms with Crippen LogP contribution >= 0.6 is 0 Å². The first-order valence-electron chi connectivity index (χ1n) is 13.5. The van der Waals surface area contributed by atoms with Crippen molar-refractivity contribution in [3.8, 4) is 0 Å². The smallest absolute Gasteiger partial charge is 0.297 e. The van der Waals surface area contributed by atoms with E-state index in [1.165, 1.54) is 54.8 Å². The van der Waals surface area contributed by atoms with Crippen LogP contribution in [0, 0.1) is 0 Å². The van der Waals surface area contributed by atoms with Crippen molar-refractivity contribution in [1.82, 2.24) is 15.5 Å². The first kappa shape index (κ1) is 25.6. The number of amides is 2. The topological polar surface area (TPSA) is 88.3 Å². The highest BCUT2D eigenvalue weighted by Gasteiger charge is 2.36. The van der Waals surface area contributed by atoms with E-state index >= 15 is 0 Å². The average Bonchev–Trinajstić information content (AvgIpc) is 3.52. The summed E-state index contributed by atoms with van der Waals surface area (Å²) < 4.78 is 5.25. The molecule has 1 unspecified atom stereocenters. The van der Waals surface area contributed by atoms with Gasteiger partial charge in [0.15, 0.2) is 0 Å². The zero-order valence-electron chi connectivity index (χ0n) is 21.8. The molecule has 0 radical (unpaired) electrons. The molecule has 198 valence electrons. The lowest BCUT2D eigenvalue weighted by molar-refractivity contribution is -0.122. The molecule has 2 aliphatic rings. The van der Waals surface area contributed by atoms with Crippen molar-refractivity contribution < 1.29 is 15.5 Å². The Morgan fingerprint density at radius 3 is 2.53 bits per heavy atom. The summed E-state index contributed by atoms with van der Waals surface area (Å²) in [6, 6.07) is 12.0. The number of allylic oxidation sites excluding steroid dienone is 2. The van der Waals surface area contributed by atoms with Crippen LogP contribution in [-0.4, -0.2) is 28.0 Å². The van der Waals surface area contributed by atoms with Crippen molar-refractivity contribution >= 4 is 17.5 Å². The predicted octanol–water partition coefficient (Wildman–Crippen LogP) is 6.53. The number of carbonyl (C=O) groups is 2. The van der Waals surface area contributed by atoms with E-state index in [0.717, 1.165) is 18.4 Å². The number of nitrogens with one attached hydrogen (secondary N) is 1. The van der Waals surface area contributed by atoms with Crippen LogP contribution in [-0.2, 0) is 4.79 Å². The Balaban J connectivity index is 0.00000353. The van der Waals surface area contributed by atoms with Crippen molar-refractivity contribution in [2.45, 2.75) is 69.9 Å². The summed E-state index contributed by atoms with van der Waals surface area (Å²) >= 11 is 0. The van der Waals surface area contributed by atoms with Crippen molar-refractivity contribution in [3.05, 3.63) is 102 Å². The molecule has 0 bridgehead atoms. The van der Waals surface area contributed by atoms with E-state index in [9.17, 15) is 9.59 Å². The first-order valence-corrected chi connectivity index (χ1v) is 13.5. The summed E-state index contributed by atoms with van der Waals surface area (Å²) in [6.07, 6.45) is 19.1. The minimum Gasteiger partial charge on any atom is -0.351 e. The van der Waals surface area contributed by atoms with Gasteiger partial charge in [0.05, 0.1) is 12.2 Å². The highest BCUT2D eigenvalue weighted by molar-refractivity contribution is 6.08. The van der Waals surface area contributed by atoms with Gasteiger partial charge in [-0.25, -0.2) is 0 Å². The maximum atomic E-state index is 14.0. The van der Waals surface area contributed by atoms with Crippen LogP contribution in [0.1, 0.15) is 86.9 Å². The molecule has 2 amide bonds. The number of hydrogen-bond acceptors (Lipinski definition) is 5. The predicted molar refractivity (Wildman–Crippen MR) is 149 cm³/mol. The van der Waals surface area contributed by atoms with Crippen LogP contribution in [0.3, 0.4) is 0 Å². The SMILES string of the molecule is C[C@H](NC(=O)C(c1cccnc1)N(C(=O)c1ccno1)c1ccc(C2CCCCC2)cc1)C1=CCCC=C1.[HH]. The Morgan fingerprint density at radius 1 is 1.05 bits per heavy atom. The van der Waals surface area contributed by atoms with Crippen molar-refractivity contribution in [1.29, 1.82) is 0 Å². The molecule has 2 atom stereocenters. The number of pyridine rings is 1. The highest BCUT2D eigenvalue weighted by Crippen LogP contribution is 2.35. The van der Waals surface area contributed by atoms with Gasteiger partial charge in [-0.15, -0.1) is 0 Å². The van der Waals surface area contributed by atoms with Gasteiger partial charge in [-0.05, 0) is 67.9 Å². The molecular weight excluding hydrogens is 476 g/mol. The molecule has 5 rings (SSSR count). The van der Waals surface area contributed by atoms with Gasteiger partial charge in [-0.3, -0.25) is 19.5 Å². The third-order valence-corrected chi connectivity index (χ3v) is 7.50. The molecular formula is C31H36N4O3. The number of anilines is 1. The second-order valence-corrected chi connectivity index (χ2v) is 10.1. The molecule has 1 N–H and O–H groups in total. The Kier molecular flexibility index (Phi) is 8.12. The quantitative estimate of drug-likeness (QED) is 0.371. The van der Waals surface area contributed by atoms with Crippen LogP contribution < -0.4 is 10.2 Å². The molecule has 2 heterocycles. The van der Waals surface area contributed by atoms with Crippen LogP contribution in [0.2, 0.25) is 0 Å². The molecule has 0 spiro atoms. The summed E-state index contributed by atoms with van der Waals surface area (Å²) in [4.78, 5) is 33.6. The molecule has 2 aliphatic carbocycles. The molecule has 2 aromatic heterocycles. The zero-order chi connectivity index (χ0) is 26.3. The number of carbonyl (C=O) groups excluding carboxylic acids is 2. The van der Waals surface area contributed by atoms with Crippen LogP contribution in [0.4, 0.5) is 5.69 Å². The Bertz CT molecular complexity index is 1280. The number of aromatic nitrogens is 2. The zero-order valence-corrected chi connectivity index (χ0v) is 21.8. The molecule has 3 aromatic rings. The number of rotatable bonds is 8. The molecule has 0 aliphatic heterocycles. The fourth-order valence-corrected chi connectivity index (χ4v) is 5.46. The van der Waals surface area contributed by atoms with Crippen molar-refractivity contribution in [2.75, 3.05) is 4.90 Å². The van der Waals surface area contributed by atoms with E-state index in [4.69, 9.17) is 4.52 Å². The first-order chi connectivity index (χ1) is 18.6. The van der Waals surface area contributed by atoms with Crippen molar-refractivity contribution in [3.63, 3.8) is 0 Å². The molecule has 1 aromatic carbocycles. The number of hydrogen-bond donors (Lipinski definition) is 1. The van der Waals surface area contributed by atoms with Gasteiger partial charge in [0.2, 0.25) is 11.7 Å². The lowest BCUT2D eigenvalue weighted by atomic mass is 9.84. The highest BCUT2D eigenvalue weighted by atomic mass is 16.5. The van der Waals surface area contributed by atoms with Gasteiger partial charge in [-0.1, -0.05) is 60.8 Å². The van der Waals surface area contributed by atoms with Crippen LogP contribution in [0.25, 0.3) is 0 Å². The van der Waals surface area contributed by atoms with E-state index in [1.54, 1.807) is 18.5 Å².